The highest BCUT2D eigenvalue weighted by Crippen LogP contribution is 2.14. The van der Waals surface area contributed by atoms with E-state index in [4.69, 9.17) is 17.3 Å². The fourth-order valence-corrected chi connectivity index (χ4v) is 1.53. The van der Waals surface area contributed by atoms with Gasteiger partial charge in [-0.25, -0.2) is 0 Å². The molecule has 0 radical (unpaired) electrons. The van der Waals surface area contributed by atoms with E-state index in [1.807, 2.05) is 6.92 Å². The van der Waals surface area contributed by atoms with Crippen LogP contribution in [0.15, 0.2) is 24.3 Å². The summed E-state index contributed by atoms with van der Waals surface area (Å²) in [6.45, 7) is 2.58. The highest BCUT2D eigenvalue weighted by atomic mass is 35.5. The molecule has 0 aliphatic rings. The highest BCUT2D eigenvalue weighted by Gasteiger charge is 2.10. The van der Waals surface area contributed by atoms with Gasteiger partial charge in [0.2, 0.25) is 5.91 Å². The summed E-state index contributed by atoms with van der Waals surface area (Å²) in [5.41, 5.74) is 6.31. The molecule has 0 spiro atoms. The standard InChI is InChI=1S/C12H17ClN2O/c1-2-9(8-14)7-12(16)15-11-5-3-10(13)4-6-11/h3-6,9H,2,7-8,14H2,1H3,(H,15,16). The minimum atomic E-state index is -0.000350. The molecule has 0 bridgehead atoms. The first-order valence-electron chi connectivity index (χ1n) is 5.41. The van der Waals surface area contributed by atoms with E-state index in [9.17, 15) is 4.79 Å². The maximum absolute atomic E-state index is 11.6. The minimum absolute atomic E-state index is 0.000350. The second-order valence-electron chi connectivity index (χ2n) is 3.77. The monoisotopic (exact) mass is 240 g/mol. The number of hydrogen-bond acceptors (Lipinski definition) is 2. The summed E-state index contributed by atoms with van der Waals surface area (Å²) >= 11 is 5.75. The van der Waals surface area contributed by atoms with Crippen molar-refractivity contribution < 1.29 is 4.79 Å². The van der Waals surface area contributed by atoms with Crippen LogP contribution in [0.2, 0.25) is 5.02 Å². The third-order valence-corrected chi connectivity index (χ3v) is 2.76. The number of halogens is 1. The molecule has 0 heterocycles. The molecule has 1 amide bonds. The van der Waals surface area contributed by atoms with Crippen molar-refractivity contribution in [2.24, 2.45) is 11.7 Å². The van der Waals surface area contributed by atoms with Crippen LogP contribution in [-0.4, -0.2) is 12.5 Å². The molecule has 1 unspecified atom stereocenters. The Morgan fingerprint density at radius 3 is 2.56 bits per heavy atom. The van der Waals surface area contributed by atoms with Crippen LogP contribution in [0.4, 0.5) is 5.69 Å². The van der Waals surface area contributed by atoms with Crippen molar-refractivity contribution in [1.82, 2.24) is 0 Å². The molecule has 3 N–H and O–H groups in total. The molecular formula is C12H17ClN2O. The summed E-state index contributed by atoms with van der Waals surface area (Å²) < 4.78 is 0. The molecule has 1 aromatic rings. The number of nitrogens with one attached hydrogen (secondary N) is 1. The van der Waals surface area contributed by atoms with Crippen molar-refractivity contribution in [2.75, 3.05) is 11.9 Å². The summed E-state index contributed by atoms with van der Waals surface area (Å²) in [5.74, 6) is 0.256. The average molecular weight is 241 g/mol. The zero-order valence-electron chi connectivity index (χ0n) is 9.37. The summed E-state index contributed by atoms with van der Waals surface area (Å²) in [4.78, 5) is 11.6. The number of carbonyl (C=O) groups is 1. The first kappa shape index (κ1) is 13.0. The molecule has 0 aromatic heterocycles. The van der Waals surface area contributed by atoms with Gasteiger partial charge in [-0.05, 0) is 36.7 Å². The molecule has 0 fully saturated rings. The molecule has 16 heavy (non-hydrogen) atoms. The van der Waals surface area contributed by atoms with Crippen LogP contribution in [0.1, 0.15) is 19.8 Å². The van der Waals surface area contributed by atoms with E-state index in [2.05, 4.69) is 5.32 Å². The van der Waals surface area contributed by atoms with E-state index >= 15 is 0 Å². The Bertz CT molecular complexity index is 333. The summed E-state index contributed by atoms with van der Waals surface area (Å²) in [5, 5.41) is 3.47. The second kappa shape index (κ2) is 6.51. The number of amides is 1. The number of hydrogen-bond donors (Lipinski definition) is 2. The Morgan fingerprint density at radius 1 is 1.44 bits per heavy atom. The van der Waals surface area contributed by atoms with E-state index in [0.29, 0.717) is 18.0 Å². The van der Waals surface area contributed by atoms with Gasteiger partial charge in [0.25, 0.3) is 0 Å². The largest absolute Gasteiger partial charge is 0.330 e. The average Bonchev–Trinajstić information content (AvgIpc) is 2.29. The molecule has 3 nitrogen and oxygen atoms in total. The van der Waals surface area contributed by atoms with E-state index < -0.39 is 0 Å². The number of nitrogens with two attached hydrogens (primary N) is 1. The van der Waals surface area contributed by atoms with Gasteiger partial charge in [0.05, 0.1) is 0 Å². The topological polar surface area (TPSA) is 55.1 Å². The van der Waals surface area contributed by atoms with Crippen molar-refractivity contribution >= 4 is 23.2 Å². The van der Waals surface area contributed by atoms with Crippen LogP contribution in [0.5, 0.6) is 0 Å². The smallest absolute Gasteiger partial charge is 0.224 e. The molecule has 0 aliphatic heterocycles. The quantitative estimate of drug-likeness (QED) is 0.832. The lowest BCUT2D eigenvalue weighted by atomic mass is 10.0. The van der Waals surface area contributed by atoms with Crippen LogP contribution >= 0.6 is 11.6 Å². The van der Waals surface area contributed by atoms with Gasteiger partial charge < -0.3 is 11.1 Å². The summed E-state index contributed by atoms with van der Waals surface area (Å²) in [6, 6.07) is 7.06. The Labute approximate surface area is 101 Å². The van der Waals surface area contributed by atoms with Crippen molar-refractivity contribution in [1.29, 1.82) is 0 Å². The number of benzene rings is 1. The minimum Gasteiger partial charge on any atom is -0.330 e. The lowest BCUT2D eigenvalue weighted by molar-refractivity contribution is -0.117. The van der Waals surface area contributed by atoms with Crippen LogP contribution in [0.3, 0.4) is 0 Å². The van der Waals surface area contributed by atoms with Crippen LogP contribution in [0, 0.1) is 5.92 Å². The predicted molar refractivity (Wildman–Crippen MR) is 67.5 cm³/mol. The molecule has 1 atom stereocenters. The molecule has 1 rings (SSSR count). The fourth-order valence-electron chi connectivity index (χ4n) is 1.40. The van der Waals surface area contributed by atoms with Crippen molar-refractivity contribution in [2.45, 2.75) is 19.8 Å². The van der Waals surface area contributed by atoms with Gasteiger partial charge in [-0.15, -0.1) is 0 Å². The Morgan fingerprint density at radius 2 is 2.06 bits per heavy atom. The fraction of sp³-hybridized carbons (Fsp3) is 0.417. The Hall–Kier alpha value is -1.06. The lowest BCUT2D eigenvalue weighted by Crippen LogP contribution is -2.21. The molecule has 0 saturated carbocycles. The zero-order valence-corrected chi connectivity index (χ0v) is 10.1. The van der Waals surface area contributed by atoms with Crippen molar-refractivity contribution in [3.05, 3.63) is 29.3 Å². The maximum atomic E-state index is 11.6. The molecule has 0 saturated heterocycles. The van der Waals surface area contributed by atoms with E-state index in [1.165, 1.54) is 0 Å². The van der Waals surface area contributed by atoms with Gasteiger partial charge in [0.15, 0.2) is 0 Å². The molecule has 88 valence electrons. The molecule has 0 aliphatic carbocycles. The van der Waals surface area contributed by atoms with Gasteiger partial charge in [-0.1, -0.05) is 24.9 Å². The Balaban J connectivity index is 2.48. The third kappa shape index (κ3) is 4.21. The van der Waals surface area contributed by atoms with Crippen LogP contribution < -0.4 is 11.1 Å². The van der Waals surface area contributed by atoms with E-state index in [0.717, 1.165) is 12.1 Å². The summed E-state index contributed by atoms with van der Waals surface area (Å²) in [6.07, 6.45) is 1.39. The van der Waals surface area contributed by atoms with Crippen LogP contribution in [0.25, 0.3) is 0 Å². The lowest BCUT2D eigenvalue weighted by Gasteiger charge is -2.11. The van der Waals surface area contributed by atoms with Gasteiger partial charge in [-0.2, -0.15) is 0 Å². The molecule has 1 aromatic carbocycles. The van der Waals surface area contributed by atoms with Crippen molar-refractivity contribution in [3.63, 3.8) is 0 Å². The van der Waals surface area contributed by atoms with Crippen molar-refractivity contribution in [3.8, 4) is 0 Å². The normalized spacial score (nSPS) is 12.2. The van der Waals surface area contributed by atoms with Gasteiger partial charge in [0, 0.05) is 17.1 Å². The SMILES string of the molecule is CCC(CN)CC(=O)Nc1ccc(Cl)cc1. The highest BCUT2D eigenvalue weighted by molar-refractivity contribution is 6.30. The first-order valence-corrected chi connectivity index (χ1v) is 5.79. The molecular weight excluding hydrogens is 224 g/mol. The zero-order chi connectivity index (χ0) is 12.0. The van der Waals surface area contributed by atoms with E-state index in [1.54, 1.807) is 24.3 Å². The Kier molecular flexibility index (Phi) is 5.29. The van der Waals surface area contributed by atoms with Gasteiger partial charge >= 0.3 is 0 Å². The van der Waals surface area contributed by atoms with E-state index in [-0.39, 0.29) is 11.8 Å². The van der Waals surface area contributed by atoms with Gasteiger partial charge in [0.1, 0.15) is 0 Å². The number of anilines is 1. The first-order chi connectivity index (χ1) is 7.65. The number of carbonyl (C=O) groups excluding carboxylic acids is 1. The predicted octanol–water partition coefficient (Wildman–Crippen LogP) is 2.65. The van der Waals surface area contributed by atoms with Crippen LogP contribution in [-0.2, 0) is 4.79 Å². The number of rotatable bonds is 5. The summed E-state index contributed by atoms with van der Waals surface area (Å²) in [7, 11) is 0. The third-order valence-electron chi connectivity index (χ3n) is 2.51. The molecule has 4 heteroatoms. The van der Waals surface area contributed by atoms with Gasteiger partial charge in [-0.3, -0.25) is 4.79 Å². The maximum Gasteiger partial charge on any atom is 0.224 e. The second-order valence-corrected chi connectivity index (χ2v) is 4.21.